The molecule has 0 aliphatic carbocycles. The van der Waals surface area contributed by atoms with Gasteiger partial charge < -0.3 is 14.5 Å². The van der Waals surface area contributed by atoms with Gasteiger partial charge in [-0.05, 0) is 98.9 Å². The van der Waals surface area contributed by atoms with Crippen molar-refractivity contribution in [1.82, 2.24) is 0 Å². The van der Waals surface area contributed by atoms with Crippen LogP contribution in [0.3, 0.4) is 0 Å². The van der Waals surface area contributed by atoms with Crippen LogP contribution < -0.4 is 30.1 Å². The predicted octanol–water partition coefficient (Wildman–Crippen LogP) is 10.8. The van der Waals surface area contributed by atoms with Crippen molar-refractivity contribution < 1.29 is 4.74 Å². The van der Waals surface area contributed by atoms with E-state index in [1.165, 1.54) is 87.9 Å². The maximum absolute atomic E-state index is 7.17. The molecule has 7 aromatic rings. The van der Waals surface area contributed by atoms with E-state index in [0.29, 0.717) is 0 Å². The van der Waals surface area contributed by atoms with Crippen LogP contribution in [0, 0.1) is 6.92 Å². The molecule has 0 radical (unpaired) electrons. The quantitative estimate of drug-likeness (QED) is 0.169. The minimum atomic E-state index is -2.06. The van der Waals surface area contributed by atoms with Gasteiger partial charge in [0.25, 0.3) is 0 Å². The van der Waals surface area contributed by atoms with Crippen molar-refractivity contribution in [3.05, 3.63) is 138 Å². The summed E-state index contributed by atoms with van der Waals surface area (Å²) in [6.45, 7) is 16.0. The number of hydrogen-bond acceptors (Lipinski definition) is 3. The number of anilines is 6. The third kappa shape index (κ3) is 4.36. The van der Waals surface area contributed by atoms with Crippen LogP contribution in [0.15, 0.2) is 121 Å². The van der Waals surface area contributed by atoms with E-state index < -0.39 is 8.80 Å². The zero-order valence-electron chi connectivity index (χ0n) is 30.4. The Kier molecular flexibility index (Phi) is 6.20. The fourth-order valence-corrected chi connectivity index (χ4v) is 12.7. The Morgan fingerprint density at radius 3 is 1.31 bits per heavy atom. The average molecular weight is 679 g/mol. The second kappa shape index (κ2) is 10.4. The highest BCUT2D eigenvalue weighted by molar-refractivity contribution is 7.02. The largest absolute Gasteiger partial charge is 0.457 e. The Hall–Kier alpha value is -5.32. The molecule has 0 bridgehead atoms. The minimum absolute atomic E-state index is 0.0688. The van der Waals surface area contributed by atoms with Crippen LogP contribution >= 0.6 is 0 Å². The van der Waals surface area contributed by atoms with Crippen LogP contribution in [-0.2, 0) is 10.8 Å². The number of ether oxygens (including phenoxy) is 1. The molecule has 0 saturated carbocycles. The normalized spacial score (nSPS) is 14.6. The summed E-state index contributed by atoms with van der Waals surface area (Å²) in [5.74, 6) is 2.01. The van der Waals surface area contributed by atoms with Gasteiger partial charge in [0, 0.05) is 43.9 Å². The Labute approximate surface area is 302 Å². The highest BCUT2D eigenvalue weighted by Gasteiger charge is 2.48. The number of nitrogens with zero attached hydrogens (tertiary/aromatic N) is 2. The molecule has 4 heteroatoms. The molecule has 0 amide bonds. The van der Waals surface area contributed by atoms with Crippen LogP contribution in [0.5, 0.6) is 11.5 Å². The molecule has 10 rings (SSSR count). The molecule has 0 N–H and O–H groups in total. The Morgan fingerprint density at radius 2 is 0.902 bits per heavy atom. The zero-order valence-corrected chi connectivity index (χ0v) is 31.6. The first-order chi connectivity index (χ1) is 24.5. The highest BCUT2D eigenvalue weighted by Crippen LogP contribution is 2.52. The van der Waals surface area contributed by atoms with Crippen molar-refractivity contribution in [1.29, 1.82) is 0 Å². The lowest BCUT2D eigenvalue weighted by molar-refractivity contribution is 0.489. The van der Waals surface area contributed by atoms with E-state index in [-0.39, 0.29) is 10.8 Å². The second-order valence-corrected chi connectivity index (χ2v) is 19.3. The number of hydrogen-bond donors (Lipinski definition) is 0. The molecule has 0 aromatic heterocycles. The van der Waals surface area contributed by atoms with E-state index in [1.807, 2.05) is 0 Å². The lowest BCUT2D eigenvalue weighted by Crippen LogP contribution is -2.63. The topological polar surface area (TPSA) is 15.7 Å². The standard InChI is InChI=1S/C47H42N2OSi/c1-28-24-37-43-38(25-28)49(34-22-18-32(19-23-34)47(5,6)7)42-36-15-11-9-13-30(36)27-40-45(42)51(43)44-39(50-40)26-29-12-8-10-14-35(29)41(44)48(37)33-20-16-31(17-21-33)46(2,3)4/h8-27,51H,1-7H3. The highest BCUT2D eigenvalue weighted by atomic mass is 28.3. The van der Waals surface area contributed by atoms with E-state index >= 15 is 0 Å². The van der Waals surface area contributed by atoms with E-state index in [4.69, 9.17) is 4.74 Å². The average Bonchev–Trinajstić information content (AvgIpc) is 3.10. The van der Waals surface area contributed by atoms with Gasteiger partial charge in [-0.15, -0.1) is 0 Å². The summed E-state index contributed by atoms with van der Waals surface area (Å²) in [5, 5.41) is 9.19. The minimum Gasteiger partial charge on any atom is -0.457 e. The van der Waals surface area contributed by atoms with E-state index in [1.54, 1.807) is 0 Å². The van der Waals surface area contributed by atoms with Crippen LogP contribution in [0.4, 0.5) is 34.1 Å². The van der Waals surface area contributed by atoms with Crippen LogP contribution in [0.25, 0.3) is 21.5 Å². The molecule has 0 atom stereocenters. The molecule has 0 spiro atoms. The van der Waals surface area contributed by atoms with Gasteiger partial charge in [0.05, 0.1) is 11.4 Å². The van der Waals surface area contributed by atoms with Crippen molar-refractivity contribution in [3.63, 3.8) is 0 Å². The van der Waals surface area contributed by atoms with Gasteiger partial charge in [-0.1, -0.05) is 114 Å². The Balaban J connectivity index is 1.34. The fourth-order valence-electron chi connectivity index (χ4n) is 8.82. The van der Waals surface area contributed by atoms with Gasteiger partial charge in [0.2, 0.25) is 0 Å². The summed E-state index contributed by atoms with van der Waals surface area (Å²) in [6, 6.07) is 45.8. The second-order valence-electron chi connectivity index (χ2n) is 16.7. The number of benzene rings is 7. The fraction of sp³-hybridized carbons (Fsp3) is 0.191. The summed E-state index contributed by atoms with van der Waals surface area (Å²) < 4.78 is 7.17. The number of fused-ring (bicyclic) bond motifs is 4. The molecule has 0 fully saturated rings. The molecular formula is C47H42N2OSi. The maximum Gasteiger partial charge on any atom is 0.153 e. The smallest absolute Gasteiger partial charge is 0.153 e. The van der Waals surface area contributed by atoms with E-state index in [9.17, 15) is 0 Å². The van der Waals surface area contributed by atoms with Gasteiger partial charge in [0.15, 0.2) is 8.80 Å². The van der Waals surface area contributed by atoms with Crippen molar-refractivity contribution >= 4 is 80.0 Å². The van der Waals surface area contributed by atoms with Crippen molar-refractivity contribution in [2.45, 2.75) is 59.3 Å². The van der Waals surface area contributed by atoms with Gasteiger partial charge in [-0.2, -0.15) is 0 Å². The monoisotopic (exact) mass is 678 g/mol. The van der Waals surface area contributed by atoms with Gasteiger partial charge in [-0.25, -0.2) is 0 Å². The summed E-state index contributed by atoms with van der Waals surface area (Å²) >= 11 is 0. The molecule has 3 aliphatic rings. The number of rotatable bonds is 2. The molecule has 250 valence electrons. The Bertz CT molecular complexity index is 2410. The molecular weight excluding hydrogens is 637 g/mol. The maximum atomic E-state index is 7.17. The first kappa shape index (κ1) is 30.5. The molecule has 7 aromatic carbocycles. The first-order valence-corrected chi connectivity index (χ1v) is 20.0. The lowest BCUT2D eigenvalue weighted by atomic mass is 9.87. The van der Waals surface area contributed by atoms with Crippen LogP contribution in [0.2, 0.25) is 0 Å². The van der Waals surface area contributed by atoms with Crippen LogP contribution in [0.1, 0.15) is 58.2 Å². The molecule has 3 nitrogen and oxygen atoms in total. The van der Waals surface area contributed by atoms with Gasteiger partial charge in [0.1, 0.15) is 11.5 Å². The summed E-state index contributed by atoms with van der Waals surface area (Å²) in [7, 11) is -2.06. The zero-order chi connectivity index (χ0) is 35.0. The summed E-state index contributed by atoms with van der Waals surface area (Å²) in [6.07, 6.45) is 0. The van der Waals surface area contributed by atoms with E-state index in [0.717, 1.165) is 11.5 Å². The number of aryl methyl sites for hydroxylation is 1. The van der Waals surface area contributed by atoms with Crippen molar-refractivity contribution in [2.24, 2.45) is 0 Å². The predicted molar refractivity (Wildman–Crippen MR) is 219 cm³/mol. The molecule has 3 heterocycles. The van der Waals surface area contributed by atoms with Crippen molar-refractivity contribution in [3.8, 4) is 11.5 Å². The summed E-state index contributed by atoms with van der Waals surface area (Å²) in [5.41, 5.74) is 11.6. The van der Waals surface area contributed by atoms with Gasteiger partial charge >= 0.3 is 0 Å². The third-order valence-corrected chi connectivity index (χ3v) is 14.8. The van der Waals surface area contributed by atoms with Gasteiger partial charge in [-0.3, -0.25) is 0 Å². The SMILES string of the molecule is Cc1cc2c3c(c1)N(c1ccc(C(C)(C)C)cc1)c1c4c(cc5ccccc15)Oc1cc5ccccc5c(c1[SiH]34)N2c1ccc(C(C)(C)C)cc1. The first-order valence-electron chi connectivity index (χ1n) is 18.2. The van der Waals surface area contributed by atoms with E-state index in [2.05, 4.69) is 180 Å². The summed E-state index contributed by atoms with van der Waals surface area (Å²) in [4.78, 5) is 5.12. The molecule has 51 heavy (non-hydrogen) atoms. The molecule has 0 saturated heterocycles. The third-order valence-electron chi connectivity index (χ3n) is 11.3. The molecule has 3 aliphatic heterocycles. The molecule has 0 unspecified atom stereocenters. The van der Waals surface area contributed by atoms with Crippen molar-refractivity contribution in [2.75, 3.05) is 9.80 Å². The van der Waals surface area contributed by atoms with Crippen LogP contribution in [-0.4, -0.2) is 8.80 Å². The lowest BCUT2D eigenvalue weighted by Gasteiger charge is -2.48. The Morgan fingerprint density at radius 1 is 0.490 bits per heavy atom.